The number of nitrogens with zero attached hydrogens (tertiary/aromatic N) is 4. The highest BCUT2D eigenvalue weighted by molar-refractivity contribution is 6.38. The van der Waals surface area contributed by atoms with Gasteiger partial charge in [0.25, 0.3) is 0 Å². The van der Waals surface area contributed by atoms with E-state index in [9.17, 15) is 9.90 Å². The Morgan fingerprint density at radius 1 is 1.12 bits per heavy atom. The molecule has 204 valence electrons. The minimum atomic E-state index is -1.00. The second-order valence-electron chi connectivity index (χ2n) is 11.2. The fraction of sp³-hybridized carbons (Fsp3) is 0.400. The molecule has 0 aromatic carbocycles. The Hall–Kier alpha value is -3.38. The van der Waals surface area contributed by atoms with E-state index < -0.39 is 5.97 Å². The first-order chi connectivity index (χ1) is 19.4. The lowest BCUT2D eigenvalue weighted by molar-refractivity contribution is -0.131. The molecule has 0 saturated heterocycles. The predicted octanol–water partition coefficient (Wildman–Crippen LogP) is 6.93. The summed E-state index contributed by atoms with van der Waals surface area (Å²) in [6.07, 6.45) is 14.4. The van der Waals surface area contributed by atoms with E-state index in [-0.39, 0.29) is 16.6 Å². The molecule has 8 rings (SSSR count). The Morgan fingerprint density at radius 3 is 2.52 bits per heavy atom. The smallest absolute Gasteiger partial charge is 0.339 e. The molecule has 4 fully saturated rings. The first kappa shape index (κ1) is 25.6. The maximum Gasteiger partial charge on any atom is 0.339 e. The third-order valence-corrected chi connectivity index (χ3v) is 9.35. The van der Waals surface area contributed by atoms with E-state index in [1.165, 1.54) is 0 Å². The van der Waals surface area contributed by atoms with Crippen LogP contribution in [0.25, 0.3) is 16.9 Å². The van der Waals surface area contributed by atoms with Crippen molar-refractivity contribution in [1.29, 1.82) is 0 Å². The molecule has 2 bridgehead atoms. The van der Waals surface area contributed by atoms with Crippen molar-refractivity contribution in [2.24, 2.45) is 5.41 Å². The standard InChI is InChI=1S/C30H26Cl2N4O4/c31-22-15-33-16-23(32)24(22)25-21(26(40-35-25)18-3-4-18)17-39-30-10-7-29(8-11-30,9-12-30)6-5-19-14-34-27-20(28(37)38)2-1-13-36(19)27/h1-2,13-16,18H,3-4,7-12,17H2,(H,37,38). The van der Waals surface area contributed by atoms with E-state index in [0.29, 0.717) is 45.2 Å². The highest BCUT2D eigenvalue weighted by Gasteiger charge is 2.49. The maximum atomic E-state index is 11.5. The molecule has 4 aliphatic carbocycles. The molecule has 4 aliphatic rings. The Balaban J connectivity index is 1.09. The van der Waals surface area contributed by atoms with Crippen LogP contribution in [-0.2, 0) is 11.3 Å². The number of hydrogen-bond acceptors (Lipinski definition) is 6. The lowest BCUT2D eigenvalue weighted by atomic mass is 9.59. The lowest BCUT2D eigenvalue weighted by Crippen LogP contribution is -2.47. The van der Waals surface area contributed by atoms with E-state index in [1.807, 2.05) is 0 Å². The number of aromatic nitrogens is 4. The van der Waals surface area contributed by atoms with Gasteiger partial charge in [-0.05, 0) is 69.4 Å². The SMILES string of the molecule is O=C(O)c1cccn2c(C#CC34CCC(OCc5c(-c6c(Cl)cncc6Cl)noc5C5CC5)(CC3)CC4)cnc12. The van der Waals surface area contributed by atoms with Crippen LogP contribution in [-0.4, -0.2) is 36.2 Å². The third kappa shape index (κ3) is 4.37. The molecule has 0 radical (unpaired) electrons. The van der Waals surface area contributed by atoms with Gasteiger partial charge in [0, 0.05) is 41.1 Å². The highest BCUT2D eigenvalue weighted by Crippen LogP contribution is 2.54. The zero-order valence-corrected chi connectivity index (χ0v) is 23.1. The predicted molar refractivity (Wildman–Crippen MR) is 148 cm³/mol. The maximum absolute atomic E-state index is 11.5. The van der Waals surface area contributed by atoms with Crippen molar-refractivity contribution in [2.75, 3.05) is 0 Å². The van der Waals surface area contributed by atoms with Gasteiger partial charge in [0.1, 0.15) is 22.7 Å². The number of ether oxygens (including phenoxy) is 1. The van der Waals surface area contributed by atoms with Crippen molar-refractivity contribution in [3.63, 3.8) is 0 Å². The largest absolute Gasteiger partial charge is 0.478 e. The van der Waals surface area contributed by atoms with Crippen molar-refractivity contribution >= 4 is 34.8 Å². The average molecular weight is 577 g/mol. The van der Waals surface area contributed by atoms with Gasteiger partial charge in [0.05, 0.1) is 28.5 Å². The molecular weight excluding hydrogens is 551 g/mol. The normalized spacial score (nSPS) is 23.8. The van der Waals surface area contributed by atoms with E-state index >= 15 is 0 Å². The summed E-state index contributed by atoms with van der Waals surface area (Å²) in [7, 11) is 0. The van der Waals surface area contributed by atoms with Crippen LogP contribution < -0.4 is 0 Å². The second-order valence-corrected chi connectivity index (χ2v) is 12.0. The Morgan fingerprint density at radius 2 is 1.85 bits per heavy atom. The molecule has 4 aromatic rings. The summed E-state index contributed by atoms with van der Waals surface area (Å²) < 4.78 is 14.3. The van der Waals surface area contributed by atoms with Crippen LogP contribution >= 0.6 is 23.2 Å². The Bertz CT molecular complexity index is 1670. The first-order valence-corrected chi connectivity index (χ1v) is 14.3. The zero-order valence-electron chi connectivity index (χ0n) is 21.6. The summed E-state index contributed by atoms with van der Waals surface area (Å²) in [5.74, 6) is 7.11. The van der Waals surface area contributed by atoms with E-state index in [2.05, 4.69) is 27.0 Å². The third-order valence-electron chi connectivity index (χ3n) is 8.78. The number of carbonyl (C=O) groups is 1. The minimum absolute atomic E-state index is 0.0701. The van der Waals surface area contributed by atoms with Crippen molar-refractivity contribution < 1.29 is 19.2 Å². The summed E-state index contributed by atoms with van der Waals surface area (Å²) in [5.41, 5.74) is 3.21. The van der Waals surface area contributed by atoms with Gasteiger partial charge in [-0.3, -0.25) is 9.38 Å². The topological polar surface area (TPSA) is 103 Å². The average Bonchev–Trinajstić information content (AvgIpc) is 3.59. The number of carboxylic acid groups (broad SMARTS) is 1. The number of rotatable bonds is 6. The number of halogens is 2. The van der Waals surface area contributed by atoms with Crippen LogP contribution in [0.5, 0.6) is 0 Å². The number of aromatic carboxylic acids is 1. The summed E-state index contributed by atoms with van der Waals surface area (Å²) in [5, 5.41) is 14.7. The minimum Gasteiger partial charge on any atom is -0.478 e. The van der Waals surface area contributed by atoms with Crippen LogP contribution in [0.4, 0.5) is 0 Å². The molecule has 4 heterocycles. The van der Waals surface area contributed by atoms with Crippen LogP contribution in [0, 0.1) is 17.3 Å². The molecule has 0 aliphatic heterocycles. The summed E-state index contributed by atoms with van der Waals surface area (Å²) in [6.45, 7) is 0.395. The summed E-state index contributed by atoms with van der Waals surface area (Å²) in [4.78, 5) is 19.9. The van der Waals surface area contributed by atoms with E-state index in [4.69, 9.17) is 32.5 Å². The molecule has 4 saturated carbocycles. The van der Waals surface area contributed by atoms with Gasteiger partial charge in [-0.2, -0.15) is 0 Å². The number of imidazole rings is 1. The monoisotopic (exact) mass is 576 g/mol. The van der Waals surface area contributed by atoms with Crippen molar-refractivity contribution in [2.45, 2.75) is 69.5 Å². The van der Waals surface area contributed by atoms with Crippen molar-refractivity contribution in [3.8, 4) is 23.1 Å². The molecule has 8 nitrogen and oxygen atoms in total. The van der Waals surface area contributed by atoms with Gasteiger partial charge >= 0.3 is 5.97 Å². The fourth-order valence-corrected chi connectivity index (χ4v) is 6.75. The Kier molecular flexibility index (Phi) is 6.15. The van der Waals surface area contributed by atoms with Gasteiger partial charge in [-0.25, -0.2) is 9.78 Å². The summed E-state index contributed by atoms with van der Waals surface area (Å²) in [6, 6.07) is 3.26. The molecule has 0 spiro atoms. The molecule has 0 amide bonds. The molecule has 1 N–H and O–H groups in total. The molecule has 0 atom stereocenters. The first-order valence-electron chi connectivity index (χ1n) is 13.5. The highest BCUT2D eigenvalue weighted by atomic mass is 35.5. The van der Waals surface area contributed by atoms with Crippen LogP contribution in [0.1, 0.15) is 84.7 Å². The van der Waals surface area contributed by atoms with Gasteiger partial charge in [0.15, 0.2) is 5.65 Å². The molecule has 0 unspecified atom stereocenters. The van der Waals surface area contributed by atoms with Crippen molar-refractivity contribution in [1.82, 2.24) is 19.5 Å². The molecule has 40 heavy (non-hydrogen) atoms. The number of fused-ring (bicyclic) bond motifs is 4. The summed E-state index contributed by atoms with van der Waals surface area (Å²) >= 11 is 12.9. The van der Waals surface area contributed by atoms with E-state index in [0.717, 1.165) is 62.7 Å². The van der Waals surface area contributed by atoms with Crippen molar-refractivity contribution in [3.05, 3.63) is 69.5 Å². The van der Waals surface area contributed by atoms with Gasteiger partial charge in [0.2, 0.25) is 0 Å². The van der Waals surface area contributed by atoms with Crippen LogP contribution in [0.2, 0.25) is 10.0 Å². The fourth-order valence-electron chi connectivity index (χ4n) is 6.21. The van der Waals surface area contributed by atoms with Crippen LogP contribution in [0.3, 0.4) is 0 Å². The Labute approximate surface area is 240 Å². The van der Waals surface area contributed by atoms with Gasteiger partial charge in [-0.1, -0.05) is 34.3 Å². The van der Waals surface area contributed by atoms with Gasteiger partial charge in [-0.15, -0.1) is 0 Å². The van der Waals surface area contributed by atoms with Gasteiger partial charge < -0.3 is 14.4 Å². The van der Waals surface area contributed by atoms with Crippen LogP contribution in [0.15, 0.2) is 41.4 Å². The number of pyridine rings is 2. The quantitative estimate of drug-likeness (QED) is 0.248. The second kappa shape index (κ2) is 9.62. The molecule has 10 heteroatoms. The zero-order chi connectivity index (χ0) is 27.5. The molecule has 4 aromatic heterocycles. The lowest BCUT2D eigenvalue weighted by Gasteiger charge is -2.51. The molecular formula is C30H26Cl2N4O4. The number of hydrogen-bond donors (Lipinski definition) is 1. The van der Waals surface area contributed by atoms with E-state index in [1.54, 1.807) is 41.3 Å². The number of carboxylic acids is 1.